The van der Waals surface area contributed by atoms with Crippen LogP contribution >= 0.6 is 27.5 Å². The van der Waals surface area contributed by atoms with E-state index >= 15 is 0 Å². The molecular formula is C26H20BrClN2O5. The van der Waals surface area contributed by atoms with Gasteiger partial charge in [-0.3, -0.25) is 4.79 Å². The van der Waals surface area contributed by atoms with Gasteiger partial charge >= 0.3 is 5.97 Å². The molecule has 3 rings (SSSR count). The molecule has 0 heterocycles. The Hall–Kier alpha value is -3.80. The summed E-state index contributed by atoms with van der Waals surface area (Å²) in [7, 11) is 1.48. The highest BCUT2D eigenvalue weighted by Gasteiger charge is 2.15. The normalized spacial score (nSPS) is 10.9. The van der Waals surface area contributed by atoms with Crippen molar-refractivity contribution in [1.82, 2.24) is 0 Å². The lowest BCUT2D eigenvalue weighted by Gasteiger charge is -2.13. The third kappa shape index (κ3) is 6.63. The van der Waals surface area contributed by atoms with Gasteiger partial charge in [-0.15, -0.1) is 0 Å². The smallest absolute Gasteiger partial charge is 0.335 e. The monoisotopic (exact) mass is 554 g/mol. The summed E-state index contributed by atoms with van der Waals surface area (Å²) < 4.78 is 11.9. The molecule has 0 bridgehead atoms. The van der Waals surface area contributed by atoms with Gasteiger partial charge in [-0.05, 0) is 66.1 Å². The highest BCUT2D eigenvalue weighted by atomic mass is 79.9. The van der Waals surface area contributed by atoms with Crippen molar-refractivity contribution in [3.05, 3.63) is 91.9 Å². The van der Waals surface area contributed by atoms with Gasteiger partial charge in [0.1, 0.15) is 18.2 Å². The minimum atomic E-state index is -1.00. The highest BCUT2D eigenvalue weighted by molar-refractivity contribution is 9.10. The van der Waals surface area contributed by atoms with E-state index in [9.17, 15) is 14.9 Å². The number of halogens is 2. The second kappa shape index (κ2) is 11.6. The molecule has 0 spiro atoms. The first-order valence-corrected chi connectivity index (χ1v) is 11.4. The zero-order chi connectivity index (χ0) is 25.5. The van der Waals surface area contributed by atoms with E-state index in [1.807, 2.05) is 13.0 Å². The highest BCUT2D eigenvalue weighted by Crippen LogP contribution is 2.35. The number of hydrogen-bond acceptors (Lipinski definition) is 5. The van der Waals surface area contributed by atoms with E-state index in [1.165, 1.54) is 25.3 Å². The molecule has 0 atom stereocenters. The number of carboxylic acids is 1. The number of methoxy groups -OCH3 is 1. The SMILES string of the molecule is COc1cc(/C=C(\C#N)C(=O)Nc2cc(Cl)ccc2C)c(Br)cc1OCc1ccc(C(=O)O)cc1. The van der Waals surface area contributed by atoms with Gasteiger partial charge in [0.2, 0.25) is 0 Å². The Labute approximate surface area is 215 Å². The fourth-order valence-electron chi connectivity index (χ4n) is 3.06. The zero-order valence-electron chi connectivity index (χ0n) is 18.8. The van der Waals surface area contributed by atoms with E-state index in [0.29, 0.717) is 32.2 Å². The predicted octanol–water partition coefficient (Wildman–Crippen LogP) is 6.24. The van der Waals surface area contributed by atoms with Crippen molar-refractivity contribution in [2.24, 2.45) is 0 Å². The number of nitrogens with one attached hydrogen (secondary N) is 1. The summed E-state index contributed by atoms with van der Waals surface area (Å²) in [5.74, 6) is -0.755. The molecule has 2 N–H and O–H groups in total. The van der Waals surface area contributed by atoms with E-state index in [1.54, 1.807) is 42.5 Å². The molecule has 1 amide bonds. The quantitative estimate of drug-likeness (QED) is 0.251. The van der Waals surface area contributed by atoms with Crippen LogP contribution < -0.4 is 14.8 Å². The molecule has 0 aliphatic heterocycles. The van der Waals surface area contributed by atoms with Crippen molar-refractivity contribution in [2.45, 2.75) is 13.5 Å². The molecular weight excluding hydrogens is 536 g/mol. The first-order chi connectivity index (χ1) is 16.7. The molecule has 9 heteroatoms. The number of nitrogens with zero attached hydrogens (tertiary/aromatic N) is 1. The Morgan fingerprint density at radius 3 is 2.49 bits per heavy atom. The van der Waals surface area contributed by atoms with E-state index in [4.69, 9.17) is 26.2 Å². The summed E-state index contributed by atoms with van der Waals surface area (Å²) in [6, 6.07) is 16.7. The lowest BCUT2D eigenvalue weighted by Crippen LogP contribution is -2.14. The maximum Gasteiger partial charge on any atom is 0.335 e. The van der Waals surface area contributed by atoms with E-state index in [-0.39, 0.29) is 17.7 Å². The van der Waals surface area contributed by atoms with Crippen LogP contribution in [0.2, 0.25) is 5.02 Å². The summed E-state index contributed by atoms with van der Waals surface area (Å²) in [5.41, 5.74) is 2.71. The van der Waals surface area contributed by atoms with E-state index < -0.39 is 11.9 Å². The molecule has 0 fully saturated rings. The Balaban J connectivity index is 1.81. The van der Waals surface area contributed by atoms with Gasteiger partial charge in [0.25, 0.3) is 5.91 Å². The topological polar surface area (TPSA) is 109 Å². The molecule has 35 heavy (non-hydrogen) atoms. The Kier molecular flexibility index (Phi) is 8.53. The number of amides is 1. The first kappa shape index (κ1) is 25.8. The lowest BCUT2D eigenvalue weighted by molar-refractivity contribution is -0.112. The summed E-state index contributed by atoms with van der Waals surface area (Å²) in [4.78, 5) is 23.7. The Bertz CT molecular complexity index is 1350. The van der Waals surface area contributed by atoms with Crippen LogP contribution in [0.4, 0.5) is 5.69 Å². The maximum atomic E-state index is 12.7. The Morgan fingerprint density at radius 2 is 1.86 bits per heavy atom. The standard InChI is InChI=1S/C26H20BrClN2O5/c1-15-3-8-20(28)11-22(15)30-25(31)19(13-29)9-18-10-23(34-2)24(12-21(18)27)35-14-16-4-6-17(7-5-16)26(32)33/h3-12H,14H2,1-2H3,(H,30,31)(H,32,33)/b19-9+. The van der Waals surface area contributed by atoms with Gasteiger partial charge in [-0.1, -0.05) is 45.7 Å². The van der Waals surface area contributed by atoms with Crippen molar-refractivity contribution in [1.29, 1.82) is 5.26 Å². The molecule has 0 unspecified atom stereocenters. The van der Waals surface area contributed by atoms with Crippen molar-refractivity contribution in [2.75, 3.05) is 12.4 Å². The van der Waals surface area contributed by atoms with Crippen LogP contribution in [0, 0.1) is 18.3 Å². The van der Waals surface area contributed by atoms with Gasteiger partial charge in [0, 0.05) is 15.2 Å². The fourth-order valence-corrected chi connectivity index (χ4v) is 3.67. The zero-order valence-corrected chi connectivity index (χ0v) is 21.1. The second-order valence-corrected chi connectivity index (χ2v) is 8.69. The number of carbonyl (C=O) groups excluding carboxylic acids is 1. The molecule has 0 saturated heterocycles. The van der Waals surface area contributed by atoms with Crippen molar-refractivity contribution >= 4 is 51.2 Å². The van der Waals surface area contributed by atoms with Crippen molar-refractivity contribution in [3.63, 3.8) is 0 Å². The molecule has 0 aliphatic rings. The largest absolute Gasteiger partial charge is 0.493 e. The molecule has 3 aromatic carbocycles. The van der Waals surface area contributed by atoms with E-state index in [0.717, 1.165) is 11.1 Å². The van der Waals surface area contributed by atoms with Gasteiger partial charge in [0.05, 0.1) is 12.7 Å². The van der Waals surface area contributed by atoms with Crippen molar-refractivity contribution in [3.8, 4) is 17.6 Å². The molecule has 3 aromatic rings. The summed E-state index contributed by atoms with van der Waals surface area (Å²) in [5, 5.41) is 21.8. The van der Waals surface area contributed by atoms with Gasteiger partial charge in [-0.25, -0.2) is 4.79 Å². The van der Waals surface area contributed by atoms with Crippen LogP contribution in [0.15, 0.2) is 64.6 Å². The molecule has 0 saturated carbocycles. The molecule has 0 aromatic heterocycles. The predicted molar refractivity (Wildman–Crippen MR) is 137 cm³/mol. The third-order valence-corrected chi connectivity index (χ3v) is 5.91. The number of carbonyl (C=O) groups is 2. The second-order valence-electron chi connectivity index (χ2n) is 7.40. The number of nitriles is 1. The summed E-state index contributed by atoms with van der Waals surface area (Å²) >= 11 is 9.46. The van der Waals surface area contributed by atoms with Crippen LogP contribution in [0.25, 0.3) is 6.08 Å². The molecule has 7 nitrogen and oxygen atoms in total. The Morgan fingerprint density at radius 1 is 1.14 bits per heavy atom. The fraction of sp³-hybridized carbons (Fsp3) is 0.115. The van der Waals surface area contributed by atoms with Crippen LogP contribution in [0.1, 0.15) is 27.0 Å². The van der Waals surface area contributed by atoms with Gasteiger partial charge < -0.3 is 19.9 Å². The summed E-state index contributed by atoms with van der Waals surface area (Å²) in [6.07, 6.45) is 1.44. The number of aryl methyl sites for hydroxylation is 1. The number of benzene rings is 3. The van der Waals surface area contributed by atoms with Crippen LogP contribution in [0.3, 0.4) is 0 Å². The molecule has 0 radical (unpaired) electrons. The lowest BCUT2D eigenvalue weighted by atomic mass is 10.1. The minimum Gasteiger partial charge on any atom is -0.493 e. The number of hydrogen-bond donors (Lipinski definition) is 2. The number of rotatable bonds is 8. The van der Waals surface area contributed by atoms with Crippen LogP contribution in [-0.4, -0.2) is 24.1 Å². The molecule has 0 aliphatic carbocycles. The maximum absolute atomic E-state index is 12.7. The van der Waals surface area contributed by atoms with Crippen LogP contribution in [0.5, 0.6) is 11.5 Å². The number of carboxylic acid groups (broad SMARTS) is 1. The van der Waals surface area contributed by atoms with E-state index in [2.05, 4.69) is 21.2 Å². The number of anilines is 1. The first-order valence-electron chi connectivity index (χ1n) is 10.2. The average molecular weight is 556 g/mol. The van der Waals surface area contributed by atoms with Gasteiger partial charge in [-0.2, -0.15) is 5.26 Å². The third-order valence-electron chi connectivity index (χ3n) is 4.99. The van der Waals surface area contributed by atoms with Crippen LogP contribution in [-0.2, 0) is 11.4 Å². The minimum absolute atomic E-state index is 0.112. The van der Waals surface area contributed by atoms with Crippen molar-refractivity contribution < 1.29 is 24.2 Å². The van der Waals surface area contributed by atoms with Gasteiger partial charge in [0.15, 0.2) is 11.5 Å². The number of aromatic carboxylic acids is 1. The number of ether oxygens (including phenoxy) is 2. The average Bonchev–Trinajstić information content (AvgIpc) is 2.84. The molecule has 178 valence electrons. The summed E-state index contributed by atoms with van der Waals surface area (Å²) in [6.45, 7) is 2.01.